The van der Waals surface area contributed by atoms with Crippen LogP contribution >= 0.6 is 0 Å². The Balaban J connectivity index is 1.10. The van der Waals surface area contributed by atoms with Crippen molar-refractivity contribution >= 4 is 0 Å². The smallest absolute Gasteiger partial charge is 0.190 e. The van der Waals surface area contributed by atoms with Crippen molar-refractivity contribution in [2.45, 2.75) is 121 Å². The molecule has 4 saturated heterocycles. The van der Waals surface area contributed by atoms with Crippen molar-refractivity contribution in [3.8, 4) is 0 Å². The van der Waals surface area contributed by atoms with Crippen LogP contribution in [-0.4, -0.2) is 91.3 Å². The number of ether oxygens (including phenoxy) is 10. The lowest BCUT2D eigenvalue weighted by Gasteiger charge is -2.45. The van der Waals surface area contributed by atoms with Gasteiger partial charge < -0.3 is 52.5 Å². The van der Waals surface area contributed by atoms with E-state index in [9.17, 15) is 5.11 Å². The van der Waals surface area contributed by atoms with Crippen LogP contribution in [0.3, 0.4) is 0 Å². The molecule has 0 bridgehead atoms. The lowest BCUT2D eigenvalue weighted by Crippen LogP contribution is -2.62. The third-order valence-electron chi connectivity index (χ3n) is 9.25. The highest BCUT2D eigenvalue weighted by Crippen LogP contribution is 2.44. The fraction of sp³-hybridized carbons (Fsp3) is 0.538. The molecule has 3 aromatic carbocycles. The number of rotatable bonds is 13. The van der Waals surface area contributed by atoms with Crippen LogP contribution in [0.2, 0.25) is 0 Å². The van der Waals surface area contributed by atoms with E-state index in [2.05, 4.69) is 0 Å². The predicted octanol–water partition coefficient (Wildman–Crippen LogP) is 4.87. The fourth-order valence-electron chi connectivity index (χ4n) is 6.98. The summed E-state index contributed by atoms with van der Waals surface area (Å²) in [6, 6.07) is 29.6. The van der Waals surface area contributed by atoms with Gasteiger partial charge in [-0.15, -0.1) is 0 Å². The minimum Gasteiger partial charge on any atom is -0.385 e. The Kier molecular flexibility index (Phi) is 11.0. The lowest BCUT2D eigenvalue weighted by molar-refractivity contribution is -0.329. The zero-order valence-corrected chi connectivity index (χ0v) is 29.0. The van der Waals surface area contributed by atoms with Crippen molar-refractivity contribution in [1.29, 1.82) is 0 Å². The Morgan fingerprint density at radius 2 is 1.06 bits per heavy atom. The molecule has 11 nitrogen and oxygen atoms in total. The third-order valence-corrected chi connectivity index (χ3v) is 9.25. The van der Waals surface area contributed by atoms with Gasteiger partial charge in [0.15, 0.2) is 24.2 Å². The van der Waals surface area contributed by atoms with Crippen molar-refractivity contribution in [2.24, 2.45) is 0 Å². The van der Waals surface area contributed by atoms with Gasteiger partial charge in [0.1, 0.15) is 48.8 Å². The molecular weight excluding hydrogens is 644 g/mol. The van der Waals surface area contributed by atoms with Gasteiger partial charge in [-0.05, 0) is 44.4 Å². The van der Waals surface area contributed by atoms with Crippen molar-refractivity contribution in [3.05, 3.63) is 108 Å². The third kappa shape index (κ3) is 8.46. The summed E-state index contributed by atoms with van der Waals surface area (Å²) in [6.07, 6.45) is -7.11. The van der Waals surface area contributed by atoms with E-state index in [1.165, 1.54) is 0 Å². The van der Waals surface area contributed by atoms with Gasteiger partial charge in [-0.25, -0.2) is 0 Å². The normalized spacial score (nSPS) is 34.3. The monoisotopic (exact) mass is 692 g/mol. The highest BCUT2D eigenvalue weighted by atomic mass is 16.9. The molecule has 10 atom stereocenters. The van der Waals surface area contributed by atoms with Gasteiger partial charge in [-0.3, -0.25) is 0 Å². The Morgan fingerprint density at radius 3 is 1.68 bits per heavy atom. The molecule has 0 aliphatic carbocycles. The minimum absolute atomic E-state index is 0.0217. The second-order valence-electron chi connectivity index (χ2n) is 14.1. The molecule has 4 aliphatic heterocycles. The first-order valence-electron chi connectivity index (χ1n) is 17.4. The summed E-state index contributed by atoms with van der Waals surface area (Å²) < 4.78 is 63.2. The van der Waals surface area contributed by atoms with E-state index in [-0.39, 0.29) is 19.8 Å². The Labute approximate surface area is 293 Å². The largest absolute Gasteiger partial charge is 0.385 e. The standard InChI is InChI=1S/C39H48O11/c1-38(2)47-32-29(46-37-35(34(32)48-38)49-39(3,4)50-37)24-44-36-30(40)33(43-22-27-18-12-7-13-19-27)31(42-21-26-16-10-6-11-17-26)28(45-36)23-41-20-25-14-8-5-9-15-25/h5-19,28-37,40H,20-24H2,1-4H3/t28-,29-,30-,31-,32+,33-,34+,35-,36+,37-/m1/s1. The number of aliphatic hydroxyl groups excluding tert-OH is 1. The first-order chi connectivity index (χ1) is 24.1. The number of aliphatic hydroxyl groups is 1. The molecule has 0 radical (unpaired) electrons. The highest BCUT2D eigenvalue weighted by molar-refractivity contribution is 5.15. The summed E-state index contributed by atoms with van der Waals surface area (Å²) in [6.45, 7) is 8.52. The van der Waals surface area contributed by atoms with Crippen LogP contribution in [0.5, 0.6) is 0 Å². The number of hydrogen-bond donors (Lipinski definition) is 1. The van der Waals surface area contributed by atoms with E-state index in [1.807, 2.05) is 119 Å². The Morgan fingerprint density at radius 1 is 0.540 bits per heavy atom. The molecule has 11 heteroatoms. The fourth-order valence-corrected chi connectivity index (χ4v) is 6.98. The number of benzene rings is 3. The minimum atomic E-state index is -1.21. The van der Waals surface area contributed by atoms with Gasteiger partial charge in [0.2, 0.25) is 0 Å². The molecule has 4 aliphatic rings. The average molecular weight is 693 g/mol. The van der Waals surface area contributed by atoms with Crippen molar-refractivity contribution in [3.63, 3.8) is 0 Å². The Bertz CT molecular complexity index is 1490. The Hall–Kier alpha value is -2.78. The van der Waals surface area contributed by atoms with Crippen molar-refractivity contribution in [2.75, 3.05) is 13.2 Å². The SMILES string of the molecule is CC1(C)O[C@H]2[C@@H](O1)[C@@H](CO[C@H]1O[C@H](COCc3ccccc3)[C@@H](OCc3ccccc3)[C@H](OCc3ccccc3)[C@H]1O)O[C@@H]1OC(C)(C)O[C@@H]12. The van der Waals surface area contributed by atoms with Crippen LogP contribution in [0.15, 0.2) is 91.0 Å². The maximum atomic E-state index is 11.9. The first-order valence-corrected chi connectivity index (χ1v) is 17.4. The average Bonchev–Trinajstić information content (AvgIpc) is 3.61. The molecule has 0 spiro atoms. The van der Waals surface area contributed by atoms with E-state index in [0.29, 0.717) is 13.2 Å². The van der Waals surface area contributed by atoms with Crippen LogP contribution in [0, 0.1) is 0 Å². The van der Waals surface area contributed by atoms with Crippen molar-refractivity contribution < 1.29 is 52.5 Å². The lowest BCUT2D eigenvalue weighted by atomic mass is 9.97. The van der Waals surface area contributed by atoms with Crippen LogP contribution in [0.25, 0.3) is 0 Å². The van der Waals surface area contributed by atoms with Gasteiger partial charge in [0.05, 0.1) is 33.0 Å². The van der Waals surface area contributed by atoms with Crippen LogP contribution in [-0.2, 0) is 67.2 Å². The summed E-state index contributed by atoms with van der Waals surface area (Å²) in [7, 11) is 0. The summed E-state index contributed by atoms with van der Waals surface area (Å²) in [5.41, 5.74) is 2.97. The molecule has 4 heterocycles. The summed E-state index contributed by atoms with van der Waals surface area (Å²) in [5, 5.41) is 11.9. The van der Waals surface area contributed by atoms with E-state index in [1.54, 1.807) is 0 Å². The van der Waals surface area contributed by atoms with Crippen LogP contribution in [0.1, 0.15) is 44.4 Å². The van der Waals surface area contributed by atoms with Gasteiger partial charge >= 0.3 is 0 Å². The molecule has 1 N–H and O–H groups in total. The second kappa shape index (κ2) is 15.4. The van der Waals surface area contributed by atoms with E-state index < -0.39 is 73.0 Å². The molecule has 4 fully saturated rings. The molecule has 270 valence electrons. The number of fused-ring (bicyclic) bond motifs is 3. The van der Waals surface area contributed by atoms with Crippen molar-refractivity contribution in [1.82, 2.24) is 0 Å². The van der Waals surface area contributed by atoms with E-state index in [4.69, 9.17) is 47.4 Å². The van der Waals surface area contributed by atoms with E-state index in [0.717, 1.165) is 16.7 Å². The highest BCUT2D eigenvalue weighted by Gasteiger charge is 2.61. The zero-order valence-electron chi connectivity index (χ0n) is 29.0. The van der Waals surface area contributed by atoms with Crippen LogP contribution < -0.4 is 0 Å². The predicted molar refractivity (Wildman–Crippen MR) is 179 cm³/mol. The molecule has 7 rings (SSSR count). The van der Waals surface area contributed by atoms with Gasteiger partial charge in [0.25, 0.3) is 0 Å². The zero-order chi connectivity index (χ0) is 34.7. The van der Waals surface area contributed by atoms with Gasteiger partial charge in [-0.1, -0.05) is 91.0 Å². The number of hydrogen-bond acceptors (Lipinski definition) is 11. The summed E-state index contributed by atoms with van der Waals surface area (Å²) in [5.74, 6) is -1.71. The topological polar surface area (TPSA) is 113 Å². The maximum Gasteiger partial charge on any atom is 0.190 e. The quantitative estimate of drug-likeness (QED) is 0.265. The molecule has 0 aromatic heterocycles. The summed E-state index contributed by atoms with van der Waals surface area (Å²) >= 11 is 0. The molecule has 50 heavy (non-hydrogen) atoms. The molecule has 0 unspecified atom stereocenters. The second-order valence-corrected chi connectivity index (χ2v) is 14.1. The first kappa shape index (κ1) is 35.6. The maximum absolute atomic E-state index is 11.9. The molecule has 0 amide bonds. The molecule has 0 saturated carbocycles. The van der Waals surface area contributed by atoms with Crippen LogP contribution in [0.4, 0.5) is 0 Å². The van der Waals surface area contributed by atoms with Gasteiger partial charge in [0, 0.05) is 0 Å². The summed E-state index contributed by atoms with van der Waals surface area (Å²) in [4.78, 5) is 0. The molecule has 3 aromatic rings. The van der Waals surface area contributed by atoms with E-state index >= 15 is 0 Å². The van der Waals surface area contributed by atoms with Gasteiger partial charge in [-0.2, -0.15) is 0 Å². The molecular formula is C39H48O11.